The zero-order chi connectivity index (χ0) is 21.1. The second kappa shape index (κ2) is 8.88. The Hall–Kier alpha value is -2.85. The van der Waals surface area contributed by atoms with E-state index in [1.807, 2.05) is 47.4 Å². The van der Waals surface area contributed by atoms with E-state index < -0.39 is 0 Å². The van der Waals surface area contributed by atoms with Gasteiger partial charge in [0.15, 0.2) is 0 Å². The highest BCUT2D eigenvalue weighted by Crippen LogP contribution is 2.40. The summed E-state index contributed by atoms with van der Waals surface area (Å²) in [5.41, 5.74) is 3.55. The monoisotopic (exact) mass is 428 g/mol. The maximum absolute atomic E-state index is 13.1. The van der Waals surface area contributed by atoms with Crippen LogP contribution in [0.3, 0.4) is 0 Å². The molecule has 2 atom stereocenters. The largest absolute Gasteiger partial charge is 0.497 e. The van der Waals surface area contributed by atoms with Crippen LogP contribution < -0.4 is 4.74 Å². The molecular formula is C20H24N6O3S. The first-order valence-electron chi connectivity index (χ1n) is 9.70. The highest BCUT2D eigenvalue weighted by Gasteiger charge is 2.38. The topological polar surface area (TPSA) is 97.5 Å². The molecule has 9 nitrogen and oxygen atoms in total. The number of carbonyl (C=O) groups excluding carboxylic acids is 1. The van der Waals surface area contributed by atoms with Crippen LogP contribution in [0.4, 0.5) is 0 Å². The van der Waals surface area contributed by atoms with E-state index in [-0.39, 0.29) is 17.7 Å². The van der Waals surface area contributed by atoms with Gasteiger partial charge in [-0.3, -0.25) is 9.69 Å². The summed E-state index contributed by atoms with van der Waals surface area (Å²) in [6.45, 7) is 3.89. The fourth-order valence-electron chi connectivity index (χ4n) is 3.89. The normalized spacial score (nSPS) is 18.9. The van der Waals surface area contributed by atoms with Crippen molar-refractivity contribution in [3.05, 3.63) is 52.3 Å². The summed E-state index contributed by atoms with van der Waals surface area (Å²) in [4.78, 5) is 16.9. The predicted octanol–water partition coefficient (Wildman–Crippen LogP) is 2.08. The third kappa shape index (κ3) is 4.34. The number of likely N-dealkylation sites (tertiary alicyclic amines) is 1. The number of amides is 1. The first kappa shape index (κ1) is 20.4. The highest BCUT2D eigenvalue weighted by molar-refractivity contribution is 7.03. The van der Waals surface area contributed by atoms with Crippen LogP contribution in [-0.2, 0) is 11.3 Å². The second-order valence-electron chi connectivity index (χ2n) is 7.59. The van der Waals surface area contributed by atoms with Crippen molar-refractivity contribution in [3.8, 4) is 5.75 Å². The van der Waals surface area contributed by atoms with E-state index in [2.05, 4.69) is 26.0 Å². The average molecular weight is 429 g/mol. The van der Waals surface area contributed by atoms with E-state index in [1.165, 1.54) is 11.5 Å². The fraction of sp³-hybridized carbons (Fsp3) is 0.450. The minimum absolute atomic E-state index is 0.0743. The molecule has 1 fully saturated rings. The number of hydrogen-bond acceptors (Lipinski definition) is 9. The van der Waals surface area contributed by atoms with E-state index in [0.29, 0.717) is 26.2 Å². The van der Waals surface area contributed by atoms with Gasteiger partial charge in [-0.2, -0.15) is 0 Å². The molecule has 0 bridgehead atoms. The van der Waals surface area contributed by atoms with Gasteiger partial charge in [-0.15, -0.1) is 5.10 Å². The molecule has 0 saturated carbocycles. The fourth-order valence-corrected chi connectivity index (χ4v) is 4.40. The second-order valence-corrected chi connectivity index (χ2v) is 8.20. The van der Waals surface area contributed by atoms with Crippen molar-refractivity contribution in [2.75, 3.05) is 33.8 Å². The molecule has 0 unspecified atom stereocenters. The molecule has 2 aromatic heterocycles. The van der Waals surface area contributed by atoms with Gasteiger partial charge in [0.25, 0.3) is 0 Å². The summed E-state index contributed by atoms with van der Waals surface area (Å²) in [5, 5.41) is 14.0. The third-order valence-corrected chi connectivity index (χ3v) is 6.05. The van der Waals surface area contributed by atoms with Crippen LogP contribution in [0, 0.1) is 6.92 Å². The van der Waals surface area contributed by atoms with E-state index in [1.54, 1.807) is 7.11 Å². The minimum atomic E-state index is 0.0743. The van der Waals surface area contributed by atoms with Crippen molar-refractivity contribution in [2.45, 2.75) is 25.3 Å². The standard InChI is InChI=1S/C20H24N6O3S/c1-13-18(23-29-22-13)10-25(2)11-20(27)26-8-16(14-5-4-6-15(7-14)28-3)17(9-26)19-12-30-24-21-19/h4-7,12,16-17H,8-11H2,1-3H3/t16-,17+/m0/s1. The third-order valence-electron chi connectivity index (χ3n) is 5.52. The molecule has 1 aliphatic heterocycles. The lowest BCUT2D eigenvalue weighted by Crippen LogP contribution is -2.37. The number of ether oxygens (including phenoxy) is 1. The first-order valence-corrected chi connectivity index (χ1v) is 10.5. The van der Waals surface area contributed by atoms with E-state index in [4.69, 9.17) is 9.37 Å². The molecule has 1 aliphatic rings. The average Bonchev–Trinajstić information content (AvgIpc) is 3.49. The zero-order valence-corrected chi connectivity index (χ0v) is 18.0. The van der Waals surface area contributed by atoms with Crippen molar-refractivity contribution in [1.82, 2.24) is 29.7 Å². The van der Waals surface area contributed by atoms with Crippen molar-refractivity contribution in [2.24, 2.45) is 0 Å². The van der Waals surface area contributed by atoms with Gasteiger partial charge < -0.3 is 9.64 Å². The summed E-state index contributed by atoms with van der Waals surface area (Å²) in [7, 11) is 3.55. The number of methoxy groups -OCH3 is 1. The number of aromatic nitrogens is 4. The molecule has 0 spiro atoms. The number of carbonyl (C=O) groups is 1. The lowest BCUT2D eigenvalue weighted by molar-refractivity contribution is -0.131. The summed E-state index contributed by atoms with van der Waals surface area (Å²) < 4.78 is 14.2. The molecule has 4 rings (SSSR count). The lowest BCUT2D eigenvalue weighted by Gasteiger charge is -2.21. The maximum Gasteiger partial charge on any atom is 0.236 e. The van der Waals surface area contributed by atoms with Gasteiger partial charge in [0.05, 0.1) is 19.3 Å². The van der Waals surface area contributed by atoms with Crippen LogP contribution in [-0.4, -0.2) is 69.4 Å². The Balaban J connectivity index is 1.49. The van der Waals surface area contributed by atoms with Crippen LogP contribution in [0.5, 0.6) is 5.75 Å². The predicted molar refractivity (Wildman–Crippen MR) is 110 cm³/mol. The number of aryl methyl sites for hydroxylation is 1. The number of likely N-dealkylation sites (N-methyl/N-ethyl adjacent to an activating group) is 1. The molecule has 30 heavy (non-hydrogen) atoms. The van der Waals surface area contributed by atoms with Gasteiger partial charge in [0.1, 0.15) is 17.1 Å². The molecular weight excluding hydrogens is 404 g/mol. The van der Waals surface area contributed by atoms with Crippen molar-refractivity contribution in [3.63, 3.8) is 0 Å². The molecule has 1 saturated heterocycles. The number of rotatable bonds is 7. The summed E-state index contributed by atoms with van der Waals surface area (Å²) in [6.07, 6.45) is 0. The molecule has 1 aromatic carbocycles. The number of nitrogens with zero attached hydrogens (tertiary/aromatic N) is 6. The SMILES string of the molecule is COc1cccc([C@@H]2CN(C(=O)CN(C)Cc3nonc3C)C[C@H]2c2csnn2)c1. The molecule has 3 aromatic rings. The molecule has 158 valence electrons. The first-order chi connectivity index (χ1) is 14.5. The Morgan fingerprint density at radius 2 is 2.17 bits per heavy atom. The molecule has 0 aliphatic carbocycles. The Morgan fingerprint density at radius 1 is 1.33 bits per heavy atom. The van der Waals surface area contributed by atoms with Gasteiger partial charge in [-0.1, -0.05) is 26.9 Å². The van der Waals surface area contributed by atoms with Gasteiger partial charge in [0.2, 0.25) is 5.91 Å². The summed E-state index contributed by atoms with van der Waals surface area (Å²) in [5.74, 6) is 1.13. The Labute approximate surface area is 178 Å². The van der Waals surface area contributed by atoms with Gasteiger partial charge in [-0.05, 0) is 43.2 Å². The van der Waals surface area contributed by atoms with Crippen LogP contribution >= 0.6 is 11.5 Å². The highest BCUT2D eigenvalue weighted by atomic mass is 32.1. The van der Waals surface area contributed by atoms with Gasteiger partial charge in [0, 0.05) is 36.9 Å². The summed E-state index contributed by atoms with van der Waals surface area (Å²) in [6, 6.07) is 8.03. The Morgan fingerprint density at radius 3 is 2.87 bits per heavy atom. The molecule has 0 N–H and O–H groups in total. The Kier molecular flexibility index (Phi) is 6.05. The van der Waals surface area contributed by atoms with E-state index in [9.17, 15) is 4.79 Å². The number of benzene rings is 1. The lowest BCUT2D eigenvalue weighted by atomic mass is 9.87. The number of hydrogen-bond donors (Lipinski definition) is 0. The van der Waals surface area contributed by atoms with Crippen LogP contribution in [0.15, 0.2) is 34.3 Å². The van der Waals surface area contributed by atoms with E-state index in [0.717, 1.165) is 28.4 Å². The quantitative estimate of drug-likeness (QED) is 0.564. The zero-order valence-electron chi connectivity index (χ0n) is 17.2. The van der Waals surface area contributed by atoms with Crippen LogP contribution in [0.1, 0.15) is 34.5 Å². The molecule has 10 heteroatoms. The Bertz CT molecular complexity index is 992. The maximum atomic E-state index is 13.1. The van der Waals surface area contributed by atoms with Gasteiger partial charge >= 0.3 is 0 Å². The molecule has 1 amide bonds. The van der Waals surface area contributed by atoms with Crippen molar-refractivity contribution in [1.29, 1.82) is 0 Å². The molecule has 0 radical (unpaired) electrons. The summed E-state index contributed by atoms with van der Waals surface area (Å²) >= 11 is 1.34. The van der Waals surface area contributed by atoms with Crippen LogP contribution in [0.2, 0.25) is 0 Å². The van der Waals surface area contributed by atoms with Crippen LogP contribution in [0.25, 0.3) is 0 Å². The smallest absolute Gasteiger partial charge is 0.236 e. The molecule has 3 heterocycles. The van der Waals surface area contributed by atoms with Crippen molar-refractivity contribution >= 4 is 17.4 Å². The van der Waals surface area contributed by atoms with Gasteiger partial charge in [-0.25, -0.2) is 4.63 Å². The minimum Gasteiger partial charge on any atom is -0.497 e. The van der Waals surface area contributed by atoms with E-state index >= 15 is 0 Å². The van der Waals surface area contributed by atoms with Crippen molar-refractivity contribution < 1.29 is 14.2 Å².